The van der Waals surface area contributed by atoms with Gasteiger partial charge in [0.2, 0.25) is 0 Å². The average Bonchev–Trinajstić information content (AvgIpc) is 0.918. The van der Waals surface area contributed by atoms with Crippen LogP contribution in [0.25, 0.3) is 0 Å². The van der Waals surface area contributed by atoms with Crippen molar-refractivity contribution in [1.29, 1.82) is 5.26 Å². The molecule has 0 amide bonds. The van der Waals surface area contributed by atoms with Gasteiger partial charge >= 0.3 is 68.9 Å². The summed E-state index contributed by atoms with van der Waals surface area (Å²) in [4.78, 5) is 0. The molecule has 24 valence electrons. The number of hydrogen-bond donors (Lipinski definition) is 0. The van der Waals surface area contributed by atoms with E-state index in [0.29, 0.717) is 0 Å². The molecule has 0 aromatic heterocycles. The van der Waals surface area contributed by atoms with Crippen LogP contribution in [0.4, 0.5) is 0 Å². The Morgan fingerprint density at radius 3 is 1.60 bits per heavy atom. The summed E-state index contributed by atoms with van der Waals surface area (Å²) in [5.41, 5.74) is 0. The fourth-order valence-electron chi connectivity index (χ4n) is 0. The van der Waals surface area contributed by atoms with Crippen molar-refractivity contribution in [3.05, 3.63) is 0 Å². The summed E-state index contributed by atoms with van der Waals surface area (Å²) in [6.45, 7) is 0. The van der Waals surface area contributed by atoms with Gasteiger partial charge in [0.05, 0.1) is 0 Å². The van der Waals surface area contributed by atoms with Gasteiger partial charge in [-0.05, 0) is 0 Å². The van der Waals surface area contributed by atoms with E-state index in [0.717, 1.165) is 0 Å². The molecule has 0 aliphatic carbocycles. The Morgan fingerprint density at radius 2 is 1.60 bits per heavy atom. The third-order valence-corrected chi connectivity index (χ3v) is 0. The second kappa shape index (κ2) is 16.6. The molecule has 5 heavy (non-hydrogen) atoms. The fraction of sp³-hybridized carbons (Fsp3) is 0. The molecule has 0 aliphatic rings. The first-order valence-electron chi connectivity index (χ1n) is 0.428. The van der Waals surface area contributed by atoms with Gasteiger partial charge in [-0.2, -0.15) is 0 Å². The Morgan fingerprint density at radius 1 is 1.60 bits per heavy atom. The molecule has 0 saturated carbocycles. The molecule has 0 aromatic carbocycles. The predicted octanol–water partition coefficient (Wildman–Crippen LogP) is -2.56. The normalized spacial score (nSPS) is 1.40. The largest absolute Gasteiger partial charge is 1.00 e. The second-order valence-electron chi connectivity index (χ2n) is 0.0913. The summed E-state index contributed by atoms with van der Waals surface area (Å²) in [6.07, 6.45) is 0. The van der Waals surface area contributed by atoms with Crippen LogP contribution in [0.2, 0.25) is 0 Å². The van der Waals surface area contributed by atoms with E-state index in [1.165, 1.54) is 5.40 Å². The van der Waals surface area contributed by atoms with Crippen molar-refractivity contribution in [2.45, 2.75) is 0 Å². The van der Waals surface area contributed by atoms with Crippen LogP contribution in [0.1, 0.15) is 0 Å². The Balaban J connectivity index is -0.0000000200. The molecule has 0 bridgehead atoms. The maximum atomic E-state index is 7.13. The number of nitrogens with zero attached hydrogens (tertiary/aromatic N) is 1. The smallest absolute Gasteiger partial charge is 0.696 e. The van der Waals surface area contributed by atoms with Gasteiger partial charge in [0, 0.05) is 0 Å². The minimum absolute atomic E-state index is 0. The summed E-state index contributed by atoms with van der Waals surface area (Å²) in [5, 5.41) is 8.47. The molecule has 4 heteroatoms. The fourth-order valence-corrected chi connectivity index (χ4v) is 0. The van der Waals surface area contributed by atoms with Crippen LogP contribution in [0.3, 0.4) is 0 Å². The van der Waals surface area contributed by atoms with Crippen molar-refractivity contribution in [2.75, 3.05) is 0 Å². The molecule has 0 N–H and O–H groups in total. The van der Waals surface area contributed by atoms with E-state index in [1.807, 2.05) is 0 Å². The van der Waals surface area contributed by atoms with Gasteiger partial charge < -0.3 is 12.6 Å². The van der Waals surface area contributed by atoms with Gasteiger partial charge in [0.1, 0.15) is 0 Å². The molecule has 0 unspecified atom stereocenters. The van der Waals surface area contributed by atoms with Crippen LogP contribution in [-0.2, 0) is 12.6 Å². The van der Waals surface area contributed by atoms with E-state index >= 15 is 0 Å². The molecule has 0 fully saturated rings. The minimum Gasteiger partial charge on any atom is -0.696 e. The van der Waals surface area contributed by atoms with Crippen molar-refractivity contribution >= 4 is 25.0 Å². The maximum Gasteiger partial charge on any atom is 1.00 e. The third-order valence-electron chi connectivity index (χ3n) is 0. The number of hydrogen-bond acceptors (Lipinski definition) is 2. The zero-order valence-electron chi connectivity index (χ0n) is 2.76. The van der Waals surface area contributed by atoms with Crippen LogP contribution < -0.4 is 68.9 Å². The Labute approximate surface area is 102 Å². The number of halogens is 1. The first-order valence-corrected chi connectivity index (χ1v) is 0.836. The van der Waals surface area contributed by atoms with Crippen molar-refractivity contribution in [3.8, 4) is 5.40 Å². The first-order chi connectivity index (χ1) is 1.41. The third kappa shape index (κ3) is 23.6. The van der Waals surface area contributed by atoms with Crippen molar-refractivity contribution < 1.29 is 68.9 Å². The molecule has 0 atom stereocenters. The summed E-state index contributed by atoms with van der Waals surface area (Å²) in [5.74, 6) is 0. The van der Waals surface area contributed by atoms with Gasteiger partial charge in [0.25, 0.3) is 0 Å². The molecule has 0 heterocycles. The topological polar surface area (TPSA) is 23.8 Å². The Bertz CT molecular complexity index is 33.1. The van der Waals surface area contributed by atoms with Crippen molar-refractivity contribution in [2.24, 2.45) is 0 Å². The van der Waals surface area contributed by atoms with Crippen LogP contribution in [0.15, 0.2) is 0 Å². The Kier molecular flexibility index (Phi) is 52.2. The molecule has 0 saturated heterocycles. The van der Waals surface area contributed by atoms with Gasteiger partial charge in [-0.3, -0.25) is 0 Å². The zero-order valence-corrected chi connectivity index (χ0v) is 10.7. The van der Waals surface area contributed by atoms with Gasteiger partial charge in [-0.15, -0.1) is 12.4 Å². The van der Waals surface area contributed by atoms with E-state index < -0.39 is 0 Å². The maximum absolute atomic E-state index is 7.13. The van der Waals surface area contributed by atoms with Crippen LogP contribution in [-0.4, -0.2) is 0 Å². The molecule has 1 nitrogen and oxygen atoms in total. The first kappa shape index (κ1) is 15.7. The van der Waals surface area contributed by atoms with E-state index in [9.17, 15) is 0 Å². The summed E-state index contributed by atoms with van der Waals surface area (Å²) < 4.78 is 0. The van der Waals surface area contributed by atoms with E-state index in [2.05, 4.69) is 12.6 Å². The molecule has 0 radical (unpaired) electrons. The quantitative estimate of drug-likeness (QED) is 0.336. The molecule has 0 aliphatic heterocycles. The van der Waals surface area contributed by atoms with Crippen LogP contribution in [0.5, 0.6) is 0 Å². The van der Waals surface area contributed by atoms with E-state index in [-0.39, 0.29) is 81.3 Å². The predicted molar refractivity (Wildman–Crippen MR) is 20.2 cm³/mol. The number of nitriles is 1. The van der Waals surface area contributed by atoms with Crippen LogP contribution >= 0.6 is 12.4 Å². The standard InChI is InChI=1S/CHNS.ClH.Cs/c2-1-3;;/h3H;1H;/q;;+1/p-1. The molecular formula is CHClCsNS. The molecule has 0 spiro atoms. The summed E-state index contributed by atoms with van der Waals surface area (Å²) in [7, 11) is 0. The summed E-state index contributed by atoms with van der Waals surface area (Å²) >= 11 is 3.70. The average molecular weight is 227 g/mol. The zero-order chi connectivity index (χ0) is 2.71. The SMILES string of the molecule is Cl.N#C[S-].[Cs+]. The molecule has 0 aromatic rings. The van der Waals surface area contributed by atoms with Crippen molar-refractivity contribution in [1.82, 2.24) is 0 Å². The van der Waals surface area contributed by atoms with Gasteiger partial charge in [-0.25, -0.2) is 5.26 Å². The van der Waals surface area contributed by atoms with E-state index in [4.69, 9.17) is 5.26 Å². The number of thiocyanates is 1. The monoisotopic (exact) mass is 227 g/mol. The van der Waals surface area contributed by atoms with Crippen molar-refractivity contribution in [3.63, 3.8) is 0 Å². The minimum atomic E-state index is 0. The van der Waals surface area contributed by atoms with Gasteiger partial charge in [-0.1, -0.05) is 5.40 Å². The van der Waals surface area contributed by atoms with Crippen LogP contribution in [0, 0.1) is 10.7 Å². The van der Waals surface area contributed by atoms with E-state index in [1.54, 1.807) is 0 Å². The number of rotatable bonds is 0. The Hall–Kier alpha value is 2.05. The molecule has 0 rings (SSSR count). The summed E-state index contributed by atoms with van der Waals surface area (Å²) in [6, 6.07) is 0. The van der Waals surface area contributed by atoms with Gasteiger partial charge in [0.15, 0.2) is 0 Å². The second-order valence-corrected chi connectivity index (χ2v) is 0.274. The molecular weight excluding hydrogens is 226 g/mol.